The molecule has 0 saturated carbocycles. The van der Waals surface area contributed by atoms with Crippen molar-refractivity contribution in [3.8, 4) is 0 Å². The van der Waals surface area contributed by atoms with E-state index >= 15 is 0 Å². The molecule has 154 valence electrons. The third-order valence-electron chi connectivity index (χ3n) is 5.47. The van der Waals surface area contributed by atoms with Gasteiger partial charge in [-0.3, -0.25) is 14.5 Å². The lowest BCUT2D eigenvalue weighted by Crippen LogP contribution is -2.64. The predicted octanol–water partition coefficient (Wildman–Crippen LogP) is 3.80. The molecular weight excluding hydrogens is 364 g/mol. The van der Waals surface area contributed by atoms with E-state index in [1.165, 1.54) is 0 Å². The van der Waals surface area contributed by atoms with E-state index in [9.17, 15) is 9.59 Å². The van der Waals surface area contributed by atoms with Gasteiger partial charge in [0, 0.05) is 13.1 Å². The van der Waals surface area contributed by atoms with Crippen LogP contribution in [0.25, 0.3) is 0 Å². The van der Waals surface area contributed by atoms with Crippen molar-refractivity contribution in [1.29, 1.82) is 0 Å². The van der Waals surface area contributed by atoms with Gasteiger partial charge < -0.3 is 9.64 Å². The summed E-state index contributed by atoms with van der Waals surface area (Å²) in [5, 5.41) is 0. The Morgan fingerprint density at radius 2 is 1.62 bits per heavy atom. The molecule has 29 heavy (non-hydrogen) atoms. The highest BCUT2D eigenvalue weighted by Crippen LogP contribution is 2.36. The van der Waals surface area contributed by atoms with Crippen LogP contribution in [0.1, 0.15) is 44.4 Å². The second-order valence-corrected chi connectivity index (χ2v) is 7.42. The van der Waals surface area contributed by atoms with Crippen molar-refractivity contribution in [3.63, 3.8) is 0 Å². The van der Waals surface area contributed by atoms with Crippen LogP contribution in [0.3, 0.4) is 0 Å². The fraction of sp³-hybridized carbons (Fsp3) is 0.417. The van der Waals surface area contributed by atoms with Crippen molar-refractivity contribution in [2.45, 2.75) is 51.9 Å². The van der Waals surface area contributed by atoms with Gasteiger partial charge in [-0.1, -0.05) is 67.6 Å². The lowest BCUT2D eigenvalue weighted by Gasteiger charge is -2.49. The first kappa shape index (κ1) is 21.1. The zero-order valence-corrected chi connectivity index (χ0v) is 17.5. The lowest BCUT2D eigenvalue weighted by atomic mass is 9.90. The molecule has 5 heteroatoms. The Morgan fingerprint density at radius 1 is 1.00 bits per heavy atom. The Balaban J connectivity index is 2.08. The molecule has 1 aliphatic heterocycles. The van der Waals surface area contributed by atoms with E-state index in [4.69, 9.17) is 4.74 Å². The molecule has 3 rings (SSSR count). The smallest absolute Gasteiger partial charge is 0.325 e. The van der Waals surface area contributed by atoms with Gasteiger partial charge in [0.15, 0.2) is 0 Å². The second kappa shape index (κ2) is 9.70. The summed E-state index contributed by atoms with van der Waals surface area (Å²) in [6, 6.07) is 18.5. The maximum atomic E-state index is 13.4. The van der Waals surface area contributed by atoms with Crippen LogP contribution in [0.4, 0.5) is 0 Å². The minimum Gasteiger partial charge on any atom is -0.465 e. The van der Waals surface area contributed by atoms with Crippen molar-refractivity contribution < 1.29 is 14.3 Å². The third kappa shape index (κ3) is 4.51. The molecule has 1 amide bonds. The highest BCUT2D eigenvalue weighted by molar-refractivity contribution is 5.87. The lowest BCUT2D eigenvalue weighted by molar-refractivity contribution is -0.167. The second-order valence-electron chi connectivity index (χ2n) is 7.42. The van der Waals surface area contributed by atoms with Gasteiger partial charge in [-0.2, -0.15) is 0 Å². The van der Waals surface area contributed by atoms with E-state index < -0.39 is 12.1 Å². The molecule has 3 atom stereocenters. The molecule has 2 aromatic carbocycles. The largest absolute Gasteiger partial charge is 0.465 e. The van der Waals surface area contributed by atoms with Crippen molar-refractivity contribution in [2.24, 2.45) is 0 Å². The summed E-state index contributed by atoms with van der Waals surface area (Å²) < 4.78 is 5.49. The summed E-state index contributed by atoms with van der Waals surface area (Å²) in [5.74, 6) is -0.227. The number of rotatable bonds is 7. The van der Waals surface area contributed by atoms with E-state index in [0.29, 0.717) is 19.7 Å². The number of hydrogen-bond donors (Lipinski definition) is 0. The van der Waals surface area contributed by atoms with Crippen LogP contribution in [0.15, 0.2) is 60.7 Å². The molecule has 0 bridgehead atoms. The van der Waals surface area contributed by atoms with Gasteiger partial charge in [0.2, 0.25) is 5.91 Å². The Kier molecular flexibility index (Phi) is 7.04. The first-order valence-electron chi connectivity index (χ1n) is 10.4. The van der Waals surface area contributed by atoms with Crippen LogP contribution in [0.2, 0.25) is 0 Å². The van der Waals surface area contributed by atoms with Crippen molar-refractivity contribution >= 4 is 11.9 Å². The van der Waals surface area contributed by atoms with Gasteiger partial charge in [0.25, 0.3) is 0 Å². The van der Waals surface area contributed by atoms with Gasteiger partial charge in [-0.15, -0.1) is 0 Å². The Labute approximate surface area is 173 Å². The van der Waals surface area contributed by atoms with E-state index in [2.05, 4.69) is 6.92 Å². The highest BCUT2D eigenvalue weighted by atomic mass is 16.5. The fourth-order valence-corrected chi connectivity index (χ4v) is 4.14. The Bertz CT molecular complexity index is 809. The van der Waals surface area contributed by atoms with Crippen LogP contribution >= 0.6 is 0 Å². The number of ether oxygens (including phenoxy) is 1. The monoisotopic (exact) mass is 394 g/mol. The number of hydrogen-bond acceptors (Lipinski definition) is 4. The average molecular weight is 395 g/mol. The summed E-state index contributed by atoms with van der Waals surface area (Å²) in [6.07, 6.45) is 0.829. The van der Waals surface area contributed by atoms with Crippen LogP contribution < -0.4 is 0 Å². The maximum absolute atomic E-state index is 13.4. The van der Waals surface area contributed by atoms with E-state index in [0.717, 1.165) is 17.5 Å². The number of benzene rings is 2. The summed E-state index contributed by atoms with van der Waals surface area (Å²) >= 11 is 0. The van der Waals surface area contributed by atoms with Crippen molar-refractivity contribution in [3.05, 3.63) is 71.8 Å². The molecule has 0 aliphatic carbocycles. The third-order valence-corrected chi connectivity index (χ3v) is 5.47. The number of amides is 1. The maximum Gasteiger partial charge on any atom is 0.325 e. The minimum absolute atomic E-state index is 0.0529. The summed E-state index contributed by atoms with van der Waals surface area (Å²) in [7, 11) is 0. The number of piperazine rings is 1. The van der Waals surface area contributed by atoms with Gasteiger partial charge in [-0.25, -0.2) is 0 Å². The average Bonchev–Trinajstić information content (AvgIpc) is 2.74. The zero-order valence-electron chi connectivity index (χ0n) is 17.5. The topological polar surface area (TPSA) is 49.9 Å². The first-order chi connectivity index (χ1) is 14.1. The number of esters is 1. The molecule has 1 saturated heterocycles. The van der Waals surface area contributed by atoms with Crippen LogP contribution in [0, 0.1) is 0 Å². The van der Waals surface area contributed by atoms with Gasteiger partial charge in [0.05, 0.1) is 18.7 Å². The van der Waals surface area contributed by atoms with Gasteiger partial charge in [-0.05, 0) is 31.4 Å². The molecule has 1 unspecified atom stereocenters. The standard InChI is InChI=1S/C24H30N2O3/c1-4-16-25-21(20-14-10-7-11-15-20)22(24(28)29-5-2)26(18(3)23(25)27)17-19-12-8-6-9-13-19/h6-15,18,21-22H,4-5,16-17H2,1-3H3/t18?,21-,22-/m0/s1. The SMILES string of the molecule is CCCN1C(=O)C(C)N(Cc2ccccc2)[C@H](C(=O)OCC)[C@@H]1c1ccccc1. The molecule has 0 radical (unpaired) electrons. The molecular formula is C24H30N2O3. The Hall–Kier alpha value is -2.66. The molecule has 0 spiro atoms. The first-order valence-corrected chi connectivity index (χ1v) is 10.4. The zero-order chi connectivity index (χ0) is 20.8. The van der Waals surface area contributed by atoms with E-state index in [1.807, 2.05) is 84.3 Å². The fourth-order valence-electron chi connectivity index (χ4n) is 4.14. The van der Waals surface area contributed by atoms with Crippen molar-refractivity contribution in [2.75, 3.05) is 13.2 Å². The molecule has 5 nitrogen and oxygen atoms in total. The van der Waals surface area contributed by atoms with E-state index in [1.54, 1.807) is 0 Å². The molecule has 2 aromatic rings. The number of nitrogens with zero attached hydrogens (tertiary/aromatic N) is 2. The Morgan fingerprint density at radius 3 is 2.21 bits per heavy atom. The molecule has 1 aliphatic rings. The normalized spacial score (nSPS) is 22.5. The van der Waals surface area contributed by atoms with Crippen molar-refractivity contribution in [1.82, 2.24) is 9.80 Å². The summed E-state index contributed by atoms with van der Waals surface area (Å²) in [6.45, 7) is 7.19. The molecule has 0 N–H and O–H groups in total. The molecule has 1 fully saturated rings. The van der Waals surface area contributed by atoms with Crippen LogP contribution in [-0.4, -0.2) is 46.9 Å². The van der Waals surface area contributed by atoms with Crippen LogP contribution in [-0.2, 0) is 20.9 Å². The van der Waals surface area contributed by atoms with Gasteiger partial charge in [0.1, 0.15) is 6.04 Å². The minimum atomic E-state index is -0.559. The van der Waals surface area contributed by atoms with E-state index in [-0.39, 0.29) is 17.9 Å². The summed E-state index contributed by atoms with van der Waals surface area (Å²) in [4.78, 5) is 30.4. The number of carbonyl (C=O) groups is 2. The molecule has 0 aromatic heterocycles. The molecule has 1 heterocycles. The number of carbonyl (C=O) groups excluding carboxylic acids is 2. The summed E-state index contributed by atoms with van der Waals surface area (Å²) in [5.41, 5.74) is 2.02. The van der Waals surface area contributed by atoms with Crippen LogP contribution in [0.5, 0.6) is 0 Å². The highest BCUT2D eigenvalue weighted by Gasteiger charge is 2.49. The van der Waals surface area contributed by atoms with Gasteiger partial charge >= 0.3 is 5.97 Å². The quantitative estimate of drug-likeness (QED) is 0.670. The predicted molar refractivity (Wildman–Crippen MR) is 113 cm³/mol.